The summed E-state index contributed by atoms with van der Waals surface area (Å²) in [6.45, 7) is 1.53. The number of rotatable bonds is 5. The van der Waals surface area contributed by atoms with Crippen molar-refractivity contribution < 1.29 is 18.3 Å². The molecule has 2 aromatic carbocycles. The third-order valence-corrected chi connectivity index (χ3v) is 5.65. The Morgan fingerprint density at radius 3 is 2.77 bits per heavy atom. The maximum absolute atomic E-state index is 14.0. The van der Waals surface area contributed by atoms with Crippen LogP contribution in [-0.4, -0.2) is 36.3 Å². The minimum Gasteiger partial charge on any atom is -0.367 e. The van der Waals surface area contributed by atoms with E-state index in [4.69, 9.17) is 4.74 Å². The van der Waals surface area contributed by atoms with Crippen molar-refractivity contribution in [1.82, 2.24) is 4.90 Å². The number of halogens is 2. The minimum atomic E-state index is -0.437. The van der Waals surface area contributed by atoms with E-state index in [1.54, 1.807) is 16.7 Å². The van der Waals surface area contributed by atoms with Gasteiger partial charge in [0.05, 0.1) is 6.61 Å². The van der Waals surface area contributed by atoms with E-state index in [0.29, 0.717) is 37.4 Å². The van der Waals surface area contributed by atoms with Crippen molar-refractivity contribution in [3.05, 3.63) is 71.3 Å². The summed E-state index contributed by atoms with van der Waals surface area (Å²) in [6, 6.07) is 13.2. The number of ether oxygens (including phenoxy) is 1. The Bertz CT molecular complexity index is 742. The maximum Gasteiger partial charge on any atom is 0.248 e. The first-order valence-electron chi connectivity index (χ1n) is 8.59. The molecule has 1 fully saturated rings. The van der Waals surface area contributed by atoms with E-state index >= 15 is 0 Å². The van der Waals surface area contributed by atoms with E-state index in [1.807, 2.05) is 30.3 Å². The van der Waals surface area contributed by atoms with E-state index < -0.39 is 11.6 Å². The van der Waals surface area contributed by atoms with Crippen LogP contribution in [0.5, 0.6) is 0 Å². The third-order valence-electron chi connectivity index (χ3n) is 4.34. The molecule has 0 unspecified atom stereocenters. The molecule has 1 aliphatic rings. The van der Waals surface area contributed by atoms with Crippen LogP contribution in [0.25, 0.3) is 0 Å². The molecule has 0 aliphatic carbocycles. The Morgan fingerprint density at radius 2 is 1.96 bits per heavy atom. The molecule has 138 valence electrons. The Hall–Kier alpha value is -1.92. The highest BCUT2D eigenvalue weighted by Gasteiger charge is 2.24. The summed E-state index contributed by atoms with van der Waals surface area (Å²) in [6.07, 6.45) is 0.593. The molecule has 1 heterocycles. The van der Waals surface area contributed by atoms with Crippen LogP contribution < -0.4 is 0 Å². The molecule has 2 aromatic rings. The van der Waals surface area contributed by atoms with Gasteiger partial charge in [-0.3, -0.25) is 4.79 Å². The second-order valence-electron chi connectivity index (χ2n) is 6.17. The average molecular weight is 377 g/mol. The van der Waals surface area contributed by atoms with Gasteiger partial charge >= 0.3 is 0 Å². The van der Waals surface area contributed by atoms with Gasteiger partial charge in [-0.1, -0.05) is 30.3 Å². The van der Waals surface area contributed by atoms with E-state index in [2.05, 4.69) is 0 Å². The van der Waals surface area contributed by atoms with Gasteiger partial charge in [-0.05, 0) is 30.2 Å². The molecule has 6 heteroatoms. The minimum absolute atomic E-state index is 0.0263. The fraction of sp³-hybridized carbons (Fsp3) is 0.350. The molecule has 0 saturated carbocycles. The average Bonchev–Trinajstić information content (AvgIpc) is 2.91. The lowest BCUT2D eigenvalue weighted by molar-refractivity contribution is -0.136. The molecule has 3 rings (SSSR count). The number of thioether (sulfide) groups is 1. The molecule has 1 amide bonds. The van der Waals surface area contributed by atoms with Gasteiger partial charge in [0.1, 0.15) is 18.2 Å². The molecular formula is C20H21F2NO2S. The van der Waals surface area contributed by atoms with Gasteiger partial charge in [-0.2, -0.15) is 11.8 Å². The second-order valence-corrected chi connectivity index (χ2v) is 7.48. The third kappa shape index (κ3) is 5.05. The maximum atomic E-state index is 14.0. The molecule has 1 saturated heterocycles. The normalized spacial score (nSPS) is 17.8. The highest BCUT2D eigenvalue weighted by molar-refractivity contribution is 7.99. The van der Waals surface area contributed by atoms with Crippen LogP contribution in [0.15, 0.2) is 48.5 Å². The summed E-state index contributed by atoms with van der Waals surface area (Å²) < 4.78 is 32.9. The first-order chi connectivity index (χ1) is 12.6. The Kier molecular flexibility index (Phi) is 6.63. The molecule has 0 radical (unpaired) electrons. The highest BCUT2D eigenvalue weighted by Crippen LogP contribution is 2.36. The zero-order valence-corrected chi connectivity index (χ0v) is 15.2. The van der Waals surface area contributed by atoms with Gasteiger partial charge < -0.3 is 9.64 Å². The lowest BCUT2D eigenvalue weighted by atomic mass is 10.1. The summed E-state index contributed by atoms with van der Waals surface area (Å²) in [7, 11) is 0. The number of hydrogen-bond donors (Lipinski definition) is 0. The number of hydrogen-bond acceptors (Lipinski definition) is 3. The molecule has 1 atom stereocenters. The topological polar surface area (TPSA) is 29.5 Å². The molecule has 0 bridgehead atoms. The predicted molar refractivity (Wildman–Crippen MR) is 98.9 cm³/mol. The Balaban J connectivity index is 1.51. The molecule has 1 aliphatic heterocycles. The van der Waals surface area contributed by atoms with Crippen LogP contribution in [0.2, 0.25) is 0 Å². The summed E-state index contributed by atoms with van der Waals surface area (Å²) in [4.78, 5) is 14.1. The van der Waals surface area contributed by atoms with Crippen molar-refractivity contribution in [1.29, 1.82) is 0 Å². The van der Waals surface area contributed by atoms with E-state index in [-0.39, 0.29) is 17.8 Å². The van der Waals surface area contributed by atoms with Crippen molar-refractivity contribution in [3.63, 3.8) is 0 Å². The second kappa shape index (κ2) is 9.14. The van der Waals surface area contributed by atoms with Crippen molar-refractivity contribution >= 4 is 17.7 Å². The van der Waals surface area contributed by atoms with Gasteiger partial charge in [0.2, 0.25) is 5.91 Å². The van der Waals surface area contributed by atoms with Crippen LogP contribution in [0.1, 0.15) is 22.8 Å². The first kappa shape index (κ1) is 18.9. The van der Waals surface area contributed by atoms with E-state index in [0.717, 1.165) is 17.7 Å². The molecular weight excluding hydrogens is 356 g/mol. The fourth-order valence-electron chi connectivity index (χ4n) is 2.95. The number of carbonyl (C=O) groups excluding carboxylic acids is 1. The first-order valence-corrected chi connectivity index (χ1v) is 9.64. The summed E-state index contributed by atoms with van der Waals surface area (Å²) >= 11 is 1.56. The van der Waals surface area contributed by atoms with E-state index in [9.17, 15) is 13.6 Å². The van der Waals surface area contributed by atoms with Gasteiger partial charge in [0, 0.05) is 29.7 Å². The van der Waals surface area contributed by atoms with Crippen LogP contribution in [0.4, 0.5) is 8.78 Å². The molecule has 0 spiro atoms. The highest BCUT2D eigenvalue weighted by atomic mass is 32.2. The summed E-state index contributed by atoms with van der Waals surface area (Å²) in [5.41, 5.74) is 1.40. The fourth-order valence-corrected chi connectivity index (χ4v) is 4.19. The van der Waals surface area contributed by atoms with Gasteiger partial charge in [0.25, 0.3) is 0 Å². The van der Waals surface area contributed by atoms with Crippen LogP contribution in [0.3, 0.4) is 0 Å². The standard InChI is InChI=1S/C20H21F2NO2S/c21-16-6-7-18(22)17(12-16)19-8-9-23(10-11-26-19)20(24)14-25-13-15-4-2-1-3-5-15/h1-7,12,19H,8-11,13-14H2/t19-/m0/s1. The molecule has 0 aromatic heterocycles. The lowest BCUT2D eigenvalue weighted by Crippen LogP contribution is -2.35. The number of nitrogens with zero attached hydrogens (tertiary/aromatic N) is 1. The van der Waals surface area contributed by atoms with Crippen molar-refractivity contribution in [2.45, 2.75) is 18.3 Å². The summed E-state index contributed by atoms with van der Waals surface area (Å²) in [5.74, 6) is -0.212. The smallest absolute Gasteiger partial charge is 0.248 e. The molecule has 26 heavy (non-hydrogen) atoms. The largest absolute Gasteiger partial charge is 0.367 e. The van der Waals surface area contributed by atoms with E-state index in [1.165, 1.54) is 6.07 Å². The monoisotopic (exact) mass is 377 g/mol. The van der Waals surface area contributed by atoms with Gasteiger partial charge in [-0.25, -0.2) is 8.78 Å². The van der Waals surface area contributed by atoms with Crippen molar-refractivity contribution in [2.24, 2.45) is 0 Å². The zero-order valence-electron chi connectivity index (χ0n) is 14.4. The molecule has 3 nitrogen and oxygen atoms in total. The van der Waals surface area contributed by atoms with Crippen molar-refractivity contribution in [3.8, 4) is 0 Å². The van der Waals surface area contributed by atoms with Gasteiger partial charge in [0.15, 0.2) is 0 Å². The Morgan fingerprint density at radius 1 is 1.15 bits per heavy atom. The van der Waals surface area contributed by atoms with Gasteiger partial charge in [-0.15, -0.1) is 0 Å². The van der Waals surface area contributed by atoms with Crippen molar-refractivity contribution in [2.75, 3.05) is 25.4 Å². The number of carbonyl (C=O) groups is 1. The zero-order chi connectivity index (χ0) is 18.4. The predicted octanol–water partition coefficient (Wildman–Crippen LogP) is 4.19. The molecule has 0 N–H and O–H groups in total. The SMILES string of the molecule is O=C(COCc1ccccc1)N1CCS[C@H](c2cc(F)ccc2F)CC1. The lowest BCUT2D eigenvalue weighted by Gasteiger charge is -2.20. The van der Waals surface area contributed by atoms with Crippen LogP contribution in [-0.2, 0) is 16.1 Å². The number of amides is 1. The number of benzene rings is 2. The van der Waals surface area contributed by atoms with Crippen LogP contribution >= 0.6 is 11.8 Å². The summed E-state index contributed by atoms with van der Waals surface area (Å²) in [5, 5.41) is -0.145. The van der Waals surface area contributed by atoms with Crippen LogP contribution in [0, 0.1) is 11.6 Å². The quantitative estimate of drug-likeness (QED) is 0.783. The Labute approximate surface area is 156 Å².